The Balaban J connectivity index is 1.88. The van der Waals surface area contributed by atoms with E-state index in [1.54, 1.807) is 0 Å². The molecule has 108 valence electrons. The van der Waals surface area contributed by atoms with Gasteiger partial charge in [-0.3, -0.25) is 0 Å². The molecular weight excluding hydrogens is 273 g/mol. The number of hydrogen-bond donors (Lipinski definition) is 5. The molecule has 0 aromatic carbocycles. The maximum absolute atomic E-state index is 13.3. The summed E-state index contributed by atoms with van der Waals surface area (Å²) >= 11 is 0. The summed E-state index contributed by atoms with van der Waals surface area (Å²) in [5.41, 5.74) is 0.455. The number of fused-ring (bicyclic) bond motifs is 1. The molecule has 0 amide bonds. The number of H-pyrrole nitrogens is 1. The van der Waals surface area contributed by atoms with Gasteiger partial charge in [-0.2, -0.15) is 14.4 Å². The number of nitrogens with zero attached hydrogens (tertiary/aromatic N) is 3. The molecule has 0 aliphatic carbocycles. The monoisotopic (exact) mass is 285 g/mol. The van der Waals surface area contributed by atoms with Crippen LogP contribution in [0.5, 0.6) is 0 Å². The highest BCUT2D eigenvalue weighted by molar-refractivity contribution is 5.82. The Hall–Kier alpha value is -1.88. The first-order chi connectivity index (χ1) is 9.60. The highest BCUT2D eigenvalue weighted by Gasteiger charge is 2.42. The van der Waals surface area contributed by atoms with E-state index in [9.17, 15) is 14.6 Å². The van der Waals surface area contributed by atoms with Crippen molar-refractivity contribution in [3.05, 3.63) is 12.4 Å². The first-order valence-electron chi connectivity index (χ1n) is 5.85. The summed E-state index contributed by atoms with van der Waals surface area (Å²) in [5, 5.41) is 31.1. The molecule has 3 rings (SSSR count). The molecule has 4 atom stereocenters. The normalized spacial score (nSPS) is 30.0. The van der Waals surface area contributed by atoms with E-state index in [4.69, 9.17) is 9.84 Å². The zero-order valence-electron chi connectivity index (χ0n) is 10.1. The summed E-state index contributed by atoms with van der Waals surface area (Å²) in [6.45, 7) is -0.450. The molecule has 9 nitrogen and oxygen atoms in total. The third-order valence-corrected chi connectivity index (χ3v) is 3.08. The molecule has 2 aromatic rings. The highest BCUT2D eigenvalue weighted by Crippen LogP contribution is 2.24. The van der Waals surface area contributed by atoms with Crippen molar-refractivity contribution in [3.63, 3.8) is 0 Å². The quantitative estimate of drug-likeness (QED) is 0.423. The minimum atomic E-state index is -1.29. The zero-order valence-corrected chi connectivity index (χ0v) is 10.1. The molecule has 0 saturated carbocycles. The number of rotatable bonds is 3. The summed E-state index contributed by atoms with van der Waals surface area (Å²) in [4.78, 5) is 13.6. The van der Waals surface area contributed by atoms with Gasteiger partial charge < -0.3 is 30.4 Å². The van der Waals surface area contributed by atoms with E-state index in [1.807, 2.05) is 0 Å². The van der Waals surface area contributed by atoms with Crippen LogP contribution in [0, 0.1) is 6.08 Å². The van der Waals surface area contributed by atoms with Crippen molar-refractivity contribution < 1.29 is 24.4 Å². The first-order valence-corrected chi connectivity index (χ1v) is 5.85. The van der Waals surface area contributed by atoms with Crippen LogP contribution in [0.25, 0.3) is 11.2 Å². The van der Waals surface area contributed by atoms with Gasteiger partial charge in [0.1, 0.15) is 23.8 Å². The molecule has 0 spiro atoms. The van der Waals surface area contributed by atoms with Crippen LogP contribution in [0.3, 0.4) is 0 Å². The molecule has 20 heavy (non-hydrogen) atoms. The number of hydrogen-bond acceptors (Lipinski definition) is 8. The van der Waals surface area contributed by atoms with Gasteiger partial charge in [-0.05, 0) is 0 Å². The second-order valence-corrected chi connectivity index (χ2v) is 4.35. The van der Waals surface area contributed by atoms with Crippen LogP contribution in [-0.4, -0.2) is 66.4 Å². The van der Waals surface area contributed by atoms with E-state index >= 15 is 0 Å². The smallest absolute Gasteiger partial charge is 0.312 e. The first kappa shape index (κ1) is 13.1. The molecule has 0 radical (unpaired) electrons. The second-order valence-electron chi connectivity index (χ2n) is 4.35. The van der Waals surface area contributed by atoms with E-state index in [1.165, 1.54) is 6.33 Å². The van der Waals surface area contributed by atoms with Crippen molar-refractivity contribution >= 4 is 17.0 Å². The topological polar surface area (TPSA) is 136 Å². The van der Waals surface area contributed by atoms with Crippen LogP contribution in [0.1, 0.15) is 0 Å². The standard InChI is InChI=1S/C10H12FN5O4/c11-10-15-7-4(12-2-13-7)8(16-10)14-9-6(19)5(18)3(1-17)20-9/h2-3,5-6,9,17-19H,1H2,(H2,12,13,14,15,16)/t3-,5-,6+,9-/m1/s1. The van der Waals surface area contributed by atoms with Crippen LogP contribution in [0.15, 0.2) is 6.33 Å². The number of imidazole rings is 1. The predicted molar refractivity (Wildman–Crippen MR) is 63.0 cm³/mol. The molecule has 1 saturated heterocycles. The van der Waals surface area contributed by atoms with Gasteiger partial charge in [0.2, 0.25) is 0 Å². The predicted octanol–water partition coefficient (Wildman–Crippen LogP) is -1.66. The largest absolute Gasteiger partial charge is 0.394 e. The third-order valence-electron chi connectivity index (χ3n) is 3.08. The third kappa shape index (κ3) is 2.08. The number of aromatic amines is 1. The Morgan fingerprint density at radius 2 is 2.15 bits per heavy atom. The SMILES string of the molecule is OC[C@H]1O[C@@H](Nc2nc(F)nc3nc[nH]c23)[C@@H](O)[C@@H]1O. The van der Waals surface area contributed by atoms with Gasteiger partial charge in [-0.25, -0.2) is 4.98 Å². The van der Waals surface area contributed by atoms with Gasteiger partial charge in [0.05, 0.1) is 12.9 Å². The summed E-state index contributed by atoms with van der Waals surface area (Å²) in [7, 11) is 0. The number of anilines is 1. The minimum Gasteiger partial charge on any atom is -0.394 e. The van der Waals surface area contributed by atoms with Crippen molar-refractivity contribution in [3.8, 4) is 0 Å². The molecule has 0 unspecified atom stereocenters. The molecule has 1 aliphatic rings. The summed E-state index contributed by atoms with van der Waals surface area (Å²) < 4.78 is 18.5. The Morgan fingerprint density at radius 3 is 2.85 bits per heavy atom. The van der Waals surface area contributed by atoms with Crippen LogP contribution in [0.2, 0.25) is 0 Å². The molecule has 2 aromatic heterocycles. The van der Waals surface area contributed by atoms with Gasteiger partial charge in [0.25, 0.3) is 0 Å². The van der Waals surface area contributed by atoms with Gasteiger partial charge in [0.15, 0.2) is 17.7 Å². The molecular formula is C10H12FN5O4. The van der Waals surface area contributed by atoms with Crippen molar-refractivity contribution in [2.75, 3.05) is 11.9 Å². The van der Waals surface area contributed by atoms with E-state index < -0.39 is 37.2 Å². The summed E-state index contributed by atoms with van der Waals surface area (Å²) in [5.74, 6) is 0.0415. The lowest BCUT2D eigenvalue weighted by molar-refractivity contribution is -0.0153. The Morgan fingerprint density at radius 1 is 1.35 bits per heavy atom. The van der Waals surface area contributed by atoms with Gasteiger partial charge in [-0.15, -0.1) is 0 Å². The number of halogens is 1. The van der Waals surface area contributed by atoms with E-state index in [-0.39, 0.29) is 11.5 Å². The second kappa shape index (κ2) is 4.90. The zero-order chi connectivity index (χ0) is 14.3. The summed E-state index contributed by atoms with van der Waals surface area (Å²) in [6.07, 6.45) is -4.17. The highest BCUT2D eigenvalue weighted by atomic mass is 19.1. The van der Waals surface area contributed by atoms with Crippen LogP contribution < -0.4 is 5.32 Å². The molecule has 1 aliphatic heterocycles. The average Bonchev–Trinajstić information content (AvgIpc) is 2.98. The molecule has 1 fully saturated rings. The lowest BCUT2D eigenvalue weighted by Gasteiger charge is -2.17. The number of aliphatic hydroxyl groups is 3. The number of aromatic nitrogens is 4. The average molecular weight is 285 g/mol. The maximum Gasteiger partial charge on any atom is 0.312 e. The Bertz CT molecular complexity index is 623. The van der Waals surface area contributed by atoms with E-state index in [0.29, 0.717) is 5.52 Å². The van der Waals surface area contributed by atoms with Crippen molar-refractivity contribution in [1.82, 2.24) is 19.9 Å². The van der Waals surface area contributed by atoms with Gasteiger partial charge in [-0.1, -0.05) is 0 Å². The Labute approximate surface area is 111 Å². The van der Waals surface area contributed by atoms with Crippen LogP contribution in [0.4, 0.5) is 10.2 Å². The van der Waals surface area contributed by atoms with Gasteiger partial charge >= 0.3 is 6.08 Å². The lowest BCUT2D eigenvalue weighted by atomic mass is 10.1. The van der Waals surface area contributed by atoms with E-state index in [2.05, 4.69) is 25.3 Å². The van der Waals surface area contributed by atoms with Crippen molar-refractivity contribution in [2.45, 2.75) is 24.5 Å². The lowest BCUT2D eigenvalue weighted by Crippen LogP contribution is -2.36. The fourth-order valence-electron chi connectivity index (χ4n) is 2.06. The number of ether oxygens (including phenoxy) is 1. The minimum absolute atomic E-state index is 0.0415. The molecule has 3 heterocycles. The summed E-state index contributed by atoms with van der Waals surface area (Å²) in [6, 6.07) is 0. The maximum atomic E-state index is 13.3. The van der Waals surface area contributed by atoms with Crippen LogP contribution in [-0.2, 0) is 4.74 Å². The van der Waals surface area contributed by atoms with Crippen LogP contribution >= 0.6 is 0 Å². The molecule has 10 heteroatoms. The van der Waals surface area contributed by atoms with Crippen molar-refractivity contribution in [2.24, 2.45) is 0 Å². The van der Waals surface area contributed by atoms with Gasteiger partial charge in [0, 0.05) is 0 Å². The fourth-order valence-corrected chi connectivity index (χ4v) is 2.06. The number of aliphatic hydroxyl groups excluding tert-OH is 3. The van der Waals surface area contributed by atoms with Crippen molar-refractivity contribution in [1.29, 1.82) is 0 Å². The fraction of sp³-hybridized carbons (Fsp3) is 0.500. The Kier molecular flexibility index (Phi) is 3.22. The van der Waals surface area contributed by atoms with E-state index in [0.717, 1.165) is 0 Å². The molecule has 0 bridgehead atoms. The number of nitrogens with one attached hydrogen (secondary N) is 2. The molecule has 5 N–H and O–H groups in total.